The lowest BCUT2D eigenvalue weighted by Gasteiger charge is -2.00. The van der Waals surface area contributed by atoms with Crippen molar-refractivity contribution in [2.75, 3.05) is 0 Å². The van der Waals surface area contributed by atoms with Crippen LogP contribution in [0, 0.1) is 18.6 Å². The fourth-order valence-corrected chi connectivity index (χ4v) is 2.28. The first-order chi connectivity index (χ1) is 9.04. The van der Waals surface area contributed by atoms with Crippen molar-refractivity contribution in [3.63, 3.8) is 0 Å². The van der Waals surface area contributed by atoms with E-state index in [9.17, 15) is 8.78 Å². The molecule has 0 aliphatic rings. The number of hydrogen-bond acceptors (Lipinski definition) is 1. The van der Waals surface area contributed by atoms with Gasteiger partial charge in [0, 0.05) is 6.07 Å². The van der Waals surface area contributed by atoms with Gasteiger partial charge in [-0.25, -0.2) is 13.8 Å². The molecule has 0 unspecified atom stereocenters. The quantitative estimate of drug-likeness (QED) is 0.698. The van der Waals surface area contributed by atoms with Crippen LogP contribution in [0.4, 0.5) is 8.78 Å². The molecule has 0 aliphatic heterocycles. The molecule has 1 N–H and O–H groups in total. The van der Waals surface area contributed by atoms with Crippen molar-refractivity contribution in [1.82, 2.24) is 9.97 Å². The Morgan fingerprint density at radius 3 is 2.63 bits per heavy atom. The van der Waals surface area contributed by atoms with Crippen molar-refractivity contribution in [3.05, 3.63) is 52.0 Å². The number of nitrogens with zero attached hydrogens (tertiary/aromatic N) is 1. The number of halogens is 3. The molecule has 0 amide bonds. The highest BCUT2D eigenvalue weighted by atomic mass is 79.9. The first kappa shape index (κ1) is 12.3. The third-order valence-corrected chi connectivity index (χ3v) is 3.51. The summed E-state index contributed by atoms with van der Waals surface area (Å²) in [5.41, 5.74) is 2.34. The van der Waals surface area contributed by atoms with Gasteiger partial charge in [-0.15, -0.1) is 0 Å². The van der Waals surface area contributed by atoms with E-state index in [1.165, 1.54) is 12.1 Å². The number of benzene rings is 2. The maximum Gasteiger partial charge on any atom is 0.141 e. The van der Waals surface area contributed by atoms with Gasteiger partial charge in [0.15, 0.2) is 0 Å². The topological polar surface area (TPSA) is 28.7 Å². The third-order valence-electron chi connectivity index (χ3n) is 2.90. The fraction of sp³-hybridized carbons (Fsp3) is 0.0714. The highest BCUT2D eigenvalue weighted by molar-refractivity contribution is 9.10. The number of aryl methyl sites for hydroxylation is 1. The number of nitrogens with one attached hydrogen (secondary N) is 1. The summed E-state index contributed by atoms with van der Waals surface area (Å²) >= 11 is 3.10. The van der Waals surface area contributed by atoms with Crippen LogP contribution in [0.3, 0.4) is 0 Å². The summed E-state index contributed by atoms with van der Waals surface area (Å²) in [7, 11) is 0. The zero-order valence-electron chi connectivity index (χ0n) is 9.97. The molecule has 0 atom stereocenters. The molecule has 0 saturated heterocycles. The highest BCUT2D eigenvalue weighted by Gasteiger charge is 2.12. The van der Waals surface area contributed by atoms with E-state index in [1.807, 2.05) is 13.0 Å². The minimum absolute atomic E-state index is 0.336. The summed E-state index contributed by atoms with van der Waals surface area (Å²) in [6.45, 7) is 1.82. The molecule has 2 aromatic carbocycles. The molecule has 0 aliphatic carbocycles. The number of rotatable bonds is 1. The lowest BCUT2D eigenvalue weighted by molar-refractivity contribution is 0.623. The van der Waals surface area contributed by atoms with Crippen LogP contribution in [0.25, 0.3) is 22.4 Å². The predicted molar refractivity (Wildman–Crippen MR) is 73.9 cm³/mol. The Morgan fingerprint density at radius 1 is 1.11 bits per heavy atom. The minimum Gasteiger partial charge on any atom is -0.338 e. The lowest BCUT2D eigenvalue weighted by atomic mass is 10.1. The van der Waals surface area contributed by atoms with Crippen molar-refractivity contribution < 1.29 is 8.78 Å². The predicted octanol–water partition coefficient (Wildman–Crippen LogP) is 4.58. The van der Waals surface area contributed by atoms with Gasteiger partial charge in [-0.3, -0.25) is 0 Å². The second-order valence-electron chi connectivity index (χ2n) is 4.35. The third kappa shape index (κ3) is 2.14. The molecule has 0 bridgehead atoms. The summed E-state index contributed by atoms with van der Waals surface area (Å²) in [5, 5.41) is 0. The molecule has 3 aromatic rings. The average molecular weight is 323 g/mol. The maximum atomic E-state index is 13.9. The molecule has 0 radical (unpaired) electrons. The van der Waals surface area contributed by atoms with E-state index < -0.39 is 0 Å². The summed E-state index contributed by atoms with van der Waals surface area (Å²) < 4.78 is 27.6. The second-order valence-corrected chi connectivity index (χ2v) is 5.21. The zero-order valence-corrected chi connectivity index (χ0v) is 11.6. The van der Waals surface area contributed by atoms with Crippen molar-refractivity contribution in [1.29, 1.82) is 0 Å². The number of fused-ring (bicyclic) bond motifs is 1. The lowest BCUT2D eigenvalue weighted by Crippen LogP contribution is -1.87. The van der Waals surface area contributed by atoms with Gasteiger partial charge in [0.05, 0.1) is 21.1 Å². The molecular formula is C14H9BrF2N2. The SMILES string of the molecule is Cc1ccc(-c2nc3cc(Br)c(F)cc3[nH]2)c(F)c1. The fourth-order valence-electron chi connectivity index (χ4n) is 1.94. The van der Waals surface area contributed by atoms with Crippen LogP contribution < -0.4 is 0 Å². The molecule has 5 heteroatoms. The minimum atomic E-state index is -0.382. The van der Waals surface area contributed by atoms with Crippen molar-refractivity contribution in [2.24, 2.45) is 0 Å². The van der Waals surface area contributed by atoms with Gasteiger partial charge in [0.25, 0.3) is 0 Å². The van der Waals surface area contributed by atoms with Crippen LogP contribution in [-0.4, -0.2) is 9.97 Å². The van der Waals surface area contributed by atoms with Crippen molar-refractivity contribution in [3.8, 4) is 11.4 Å². The number of aromatic nitrogens is 2. The Morgan fingerprint density at radius 2 is 1.89 bits per heavy atom. The van der Waals surface area contributed by atoms with Gasteiger partial charge >= 0.3 is 0 Å². The molecule has 19 heavy (non-hydrogen) atoms. The number of imidazole rings is 1. The zero-order chi connectivity index (χ0) is 13.6. The van der Waals surface area contributed by atoms with E-state index >= 15 is 0 Å². The van der Waals surface area contributed by atoms with Gasteiger partial charge in [0.2, 0.25) is 0 Å². The largest absolute Gasteiger partial charge is 0.338 e. The van der Waals surface area contributed by atoms with Gasteiger partial charge in [0.1, 0.15) is 17.5 Å². The van der Waals surface area contributed by atoms with E-state index in [-0.39, 0.29) is 11.6 Å². The van der Waals surface area contributed by atoms with Crippen molar-refractivity contribution in [2.45, 2.75) is 6.92 Å². The Labute approximate surface area is 116 Å². The Bertz CT molecular complexity index is 741. The molecule has 0 saturated carbocycles. The van der Waals surface area contributed by atoms with Gasteiger partial charge in [-0.1, -0.05) is 6.07 Å². The van der Waals surface area contributed by atoms with E-state index in [0.717, 1.165) is 5.56 Å². The monoisotopic (exact) mass is 322 g/mol. The van der Waals surface area contributed by atoms with Crippen LogP contribution in [-0.2, 0) is 0 Å². The Balaban J connectivity index is 2.20. The Kier molecular flexibility index (Phi) is 2.86. The van der Waals surface area contributed by atoms with Crippen LogP contribution in [0.1, 0.15) is 5.56 Å². The maximum absolute atomic E-state index is 13.9. The van der Waals surface area contributed by atoms with Crippen LogP contribution in [0.2, 0.25) is 0 Å². The number of hydrogen-bond donors (Lipinski definition) is 1. The van der Waals surface area contributed by atoms with E-state index in [1.54, 1.807) is 12.1 Å². The molecule has 3 rings (SSSR count). The molecule has 0 fully saturated rings. The summed E-state index contributed by atoms with van der Waals surface area (Å²) in [5.74, 6) is -0.337. The molecule has 1 aromatic heterocycles. The van der Waals surface area contributed by atoms with E-state index in [0.29, 0.717) is 26.9 Å². The van der Waals surface area contributed by atoms with Gasteiger partial charge in [-0.2, -0.15) is 0 Å². The van der Waals surface area contributed by atoms with Crippen LogP contribution in [0.15, 0.2) is 34.8 Å². The molecule has 0 spiro atoms. The second kappa shape index (κ2) is 4.42. The average Bonchev–Trinajstić information content (AvgIpc) is 2.72. The summed E-state index contributed by atoms with van der Waals surface area (Å²) in [6.07, 6.45) is 0. The molecule has 2 nitrogen and oxygen atoms in total. The standard InChI is InChI=1S/C14H9BrF2N2/c1-7-2-3-8(10(16)4-7)14-18-12-5-9(15)11(17)6-13(12)19-14/h2-6H,1H3,(H,18,19). The first-order valence-corrected chi connectivity index (χ1v) is 6.45. The van der Waals surface area contributed by atoms with Crippen LogP contribution in [0.5, 0.6) is 0 Å². The van der Waals surface area contributed by atoms with Crippen molar-refractivity contribution >= 4 is 27.0 Å². The molecular weight excluding hydrogens is 314 g/mol. The van der Waals surface area contributed by atoms with Gasteiger partial charge in [-0.05, 0) is 46.6 Å². The number of aromatic amines is 1. The first-order valence-electron chi connectivity index (χ1n) is 5.66. The van der Waals surface area contributed by atoms with E-state index in [2.05, 4.69) is 25.9 Å². The van der Waals surface area contributed by atoms with Gasteiger partial charge < -0.3 is 4.98 Å². The Hall–Kier alpha value is -1.75. The highest BCUT2D eigenvalue weighted by Crippen LogP contribution is 2.27. The molecule has 1 heterocycles. The van der Waals surface area contributed by atoms with E-state index in [4.69, 9.17) is 0 Å². The summed E-state index contributed by atoms with van der Waals surface area (Å²) in [4.78, 5) is 7.21. The molecule has 96 valence electrons. The van der Waals surface area contributed by atoms with Crippen LogP contribution >= 0.6 is 15.9 Å². The number of H-pyrrole nitrogens is 1. The summed E-state index contributed by atoms with van der Waals surface area (Å²) in [6, 6.07) is 7.81. The smallest absolute Gasteiger partial charge is 0.141 e. The normalized spacial score (nSPS) is 11.2.